The summed E-state index contributed by atoms with van der Waals surface area (Å²) >= 11 is 0. The minimum Gasteiger partial charge on any atom is -0.480 e. The number of rotatable bonds is 4. The Labute approximate surface area is 101 Å². The second-order valence-electron chi connectivity index (χ2n) is 4.71. The molecule has 1 atom stereocenters. The summed E-state index contributed by atoms with van der Waals surface area (Å²) in [6.45, 7) is 1.99. The molecule has 1 aromatic carbocycles. The number of carbonyl (C=O) groups is 1. The van der Waals surface area contributed by atoms with Gasteiger partial charge in [-0.15, -0.1) is 0 Å². The van der Waals surface area contributed by atoms with Crippen molar-refractivity contribution in [3.63, 3.8) is 0 Å². The van der Waals surface area contributed by atoms with Crippen molar-refractivity contribution in [2.45, 2.75) is 18.5 Å². The van der Waals surface area contributed by atoms with Crippen molar-refractivity contribution in [3.8, 4) is 0 Å². The number of aliphatic carboxylic acids is 1. The van der Waals surface area contributed by atoms with E-state index < -0.39 is 11.5 Å². The Bertz CT molecular complexity index is 394. The van der Waals surface area contributed by atoms with Gasteiger partial charge in [0.15, 0.2) is 0 Å². The van der Waals surface area contributed by atoms with Crippen molar-refractivity contribution in [2.24, 2.45) is 0 Å². The van der Waals surface area contributed by atoms with Gasteiger partial charge in [0.1, 0.15) is 5.54 Å². The molecule has 17 heavy (non-hydrogen) atoms. The van der Waals surface area contributed by atoms with Crippen molar-refractivity contribution >= 4 is 5.97 Å². The first-order valence-electron chi connectivity index (χ1n) is 5.83. The van der Waals surface area contributed by atoms with Gasteiger partial charge >= 0.3 is 5.97 Å². The standard InChI is InChI=1S/C13H18N2O2/c1-15-8-7-13(10-15,12(16)17)14-9-11-5-3-2-4-6-11/h2-6,14H,7-10H2,1H3,(H,16,17). The number of hydrogen-bond acceptors (Lipinski definition) is 3. The third-order valence-electron chi connectivity index (χ3n) is 3.34. The molecule has 1 aliphatic heterocycles. The molecule has 0 saturated carbocycles. The first-order chi connectivity index (χ1) is 8.12. The average molecular weight is 234 g/mol. The van der Waals surface area contributed by atoms with E-state index in [-0.39, 0.29) is 0 Å². The van der Waals surface area contributed by atoms with Crippen molar-refractivity contribution in [1.29, 1.82) is 0 Å². The zero-order valence-corrected chi connectivity index (χ0v) is 10.0. The molecule has 4 heteroatoms. The fourth-order valence-electron chi connectivity index (χ4n) is 2.26. The zero-order chi connectivity index (χ0) is 12.3. The third-order valence-corrected chi connectivity index (χ3v) is 3.34. The molecule has 0 amide bonds. The predicted molar refractivity (Wildman–Crippen MR) is 65.8 cm³/mol. The van der Waals surface area contributed by atoms with Gasteiger partial charge in [0.05, 0.1) is 0 Å². The van der Waals surface area contributed by atoms with Crippen LogP contribution in [0, 0.1) is 0 Å². The lowest BCUT2D eigenvalue weighted by atomic mass is 9.98. The topological polar surface area (TPSA) is 52.6 Å². The van der Waals surface area contributed by atoms with Gasteiger partial charge in [0.25, 0.3) is 0 Å². The van der Waals surface area contributed by atoms with E-state index in [2.05, 4.69) is 5.32 Å². The minimum absolute atomic E-state index is 0.565. The lowest BCUT2D eigenvalue weighted by Gasteiger charge is -2.25. The number of benzene rings is 1. The summed E-state index contributed by atoms with van der Waals surface area (Å²) in [6.07, 6.45) is 0.658. The van der Waals surface area contributed by atoms with E-state index in [0.29, 0.717) is 19.5 Å². The molecule has 2 N–H and O–H groups in total. The van der Waals surface area contributed by atoms with Crippen molar-refractivity contribution in [3.05, 3.63) is 35.9 Å². The van der Waals surface area contributed by atoms with Crippen LogP contribution in [0.25, 0.3) is 0 Å². The van der Waals surface area contributed by atoms with Gasteiger partial charge in [-0.25, -0.2) is 0 Å². The summed E-state index contributed by atoms with van der Waals surface area (Å²) in [5.41, 5.74) is 0.326. The lowest BCUT2D eigenvalue weighted by molar-refractivity contribution is -0.144. The van der Waals surface area contributed by atoms with E-state index in [0.717, 1.165) is 12.1 Å². The van der Waals surface area contributed by atoms with E-state index in [1.54, 1.807) is 0 Å². The molecule has 1 aliphatic rings. The van der Waals surface area contributed by atoms with Crippen LogP contribution in [0.1, 0.15) is 12.0 Å². The summed E-state index contributed by atoms with van der Waals surface area (Å²) in [7, 11) is 1.95. The molecular weight excluding hydrogens is 216 g/mol. The maximum Gasteiger partial charge on any atom is 0.325 e. The van der Waals surface area contributed by atoms with Crippen molar-refractivity contribution < 1.29 is 9.90 Å². The van der Waals surface area contributed by atoms with Crippen molar-refractivity contribution in [1.82, 2.24) is 10.2 Å². The van der Waals surface area contributed by atoms with Crippen LogP contribution in [0.4, 0.5) is 0 Å². The Morgan fingerprint density at radius 3 is 2.71 bits per heavy atom. The van der Waals surface area contributed by atoms with Crippen LogP contribution in [-0.4, -0.2) is 41.7 Å². The summed E-state index contributed by atoms with van der Waals surface area (Å²) in [5, 5.41) is 12.6. The number of nitrogens with one attached hydrogen (secondary N) is 1. The molecule has 0 aromatic heterocycles. The molecule has 1 unspecified atom stereocenters. The van der Waals surface area contributed by atoms with E-state index >= 15 is 0 Å². The molecule has 0 radical (unpaired) electrons. The lowest BCUT2D eigenvalue weighted by Crippen LogP contribution is -2.53. The first-order valence-corrected chi connectivity index (χ1v) is 5.83. The van der Waals surface area contributed by atoms with Crippen LogP contribution < -0.4 is 5.32 Å². The highest BCUT2D eigenvalue weighted by atomic mass is 16.4. The van der Waals surface area contributed by atoms with Gasteiger partial charge in [-0.3, -0.25) is 10.1 Å². The van der Waals surface area contributed by atoms with Crippen LogP contribution in [0.15, 0.2) is 30.3 Å². The number of likely N-dealkylation sites (tertiary alicyclic amines) is 1. The first kappa shape index (κ1) is 12.1. The monoisotopic (exact) mass is 234 g/mol. The Morgan fingerprint density at radius 2 is 2.18 bits per heavy atom. The highest BCUT2D eigenvalue weighted by Crippen LogP contribution is 2.21. The van der Waals surface area contributed by atoms with Crippen molar-refractivity contribution in [2.75, 3.05) is 20.1 Å². The molecule has 1 saturated heterocycles. The molecule has 2 rings (SSSR count). The van der Waals surface area contributed by atoms with Gasteiger partial charge in [0.2, 0.25) is 0 Å². The normalized spacial score (nSPS) is 25.0. The second-order valence-corrected chi connectivity index (χ2v) is 4.71. The van der Waals surface area contributed by atoms with Gasteiger partial charge < -0.3 is 10.0 Å². The van der Waals surface area contributed by atoms with Crippen LogP contribution in [0.5, 0.6) is 0 Å². The number of hydrogen-bond donors (Lipinski definition) is 2. The second kappa shape index (κ2) is 4.85. The van der Waals surface area contributed by atoms with Gasteiger partial charge in [0, 0.05) is 19.6 Å². The Hall–Kier alpha value is -1.39. The fraction of sp³-hybridized carbons (Fsp3) is 0.462. The Kier molecular flexibility index (Phi) is 3.45. The summed E-state index contributed by atoms with van der Waals surface area (Å²) in [4.78, 5) is 13.4. The largest absolute Gasteiger partial charge is 0.480 e. The maximum atomic E-state index is 11.4. The van der Waals surface area contributed by atoms with E-state index in [1.807, 2.05) is 42.3 Å². The molecule has 0 spiro atoms. The molecule has 1 fully saturated rings. The molecule has 4 nitrogen and oxygen atoms in total. The molecule has 1 heterocycles. The zero-order valence-electron chi connectivity index (χ0n) is 10.0. The van der Waals surface area contributed by atoms with Crippen LogP contribution >= 0.6 is 0 Å². The molecule has 1 aromatic rings. The quantitative estimate of drug-likeness (QED) is 0.814. The van der Waals surface area contributed by atoms with E-state index in [1.165, 1.54) is 0 Å². The highest BCUT2D eigenvalue weighted by molar-refractivity contribution is 5.79. The summed E-state index contributed by atoms with van der Waals surface area (Å²) in [6, 6.07) is 9.89. The van der Waals surface area contributed by atoms with Gasteiger partial charge in [-0.1, -0.05) is 30.3 Å². The Morgan fingerprint density at radius 1 is 1.47 bits per heavy atom. The molecule has 0 aliphatic carbocycles. The van der Waals surface area contributed by atoms with Crippen LogP contribution in [-0.2, 0) is 11.3 Å². The van der Waals surface area contributed by atoms with E-state index in [9.17, 15) is 9.90 Å². The number of carboxylic acids is 1. The SMILES string of the molecule is CN1CCC(NCc2ccccc2)(C(=O)O)C1. The van der Waals surface area contributed by atoms with Crippen LogP contribution in [0.3, 0.4) is 0 Å². The predicted octanol–water partition coefficient (Wildman–Crippen LogP) is 0.935. The smallest absolute Gasteiger partial charge is 0.325 e. The van der Waals surface area contributed by atoms with E-state index in [4.69, 9.17) is 0 Å². The average Bonchev–Trinajstić information content (AvgIpc) is 2.71. The Balaban J connectivity index is 2.03. The van der Waals surface area contributed by atoms with Crippen LogP contribution in [0.2, 0.25) is 0 Å². The maximum absolute atomic E-state index is 11.4. The number of carboxylic acid groups (broad SMARTS) is 1. The molecular formula is C13H18N2O2. The number of likely N-dealkylation sites (N-methyl/N-ethyl adjacent to an activating group) is 1. The molecule has 92 valence electrons. The van der Waals surface area contributed by atoms with Gasteiger partial charge in [-0.05, 0) is 19.0 Å². The highest BCUT2D eigenvalue weighted by Gasteiger charge is 2.43. The minimum atomic E-state index is -0.787. The number of nitrogens with zero attached hydrogens (tertiary/aromatic N) is 1. The van der Waals surface area contributed by atoms with Gasteiger partial charge in [-0.2, -0.15) is 0 Å². The third kappa shape index (κ3) is 2.65. The summed E-state index contributed by atoms with van der Waals surface area (Å²) in [5.74, 6) is -0.752. The summed E-state index contributed by atoms with van der Waals surface area (Å²) < 4.78 is 0. The fourth-order valence-corrected chi connectivity index (χ4v) is 2.26. The molecule has 0 bridgehead atoms.